The number of hydrogen-bond donors (Lipinski definition) is 6. The highest BCUT2D eigenvalue weighted by Crippen LogP contribution is 2.19. The molecule has 0 spiro atoms. The number of esters is 2. The van der Waals surface area contributed by atoms with Gasteiger partial charge in [-0.15, -0.1) is 0 Å². The van der Waals surface area contributed by atoms with Crippen molar-refractivity contribution in [3.63, 3.8) is 0 Å². The zero-order valence-corrected chi connectivity index (χ0v) is 18.1. The number of phenolic OH excluding ortho intramolecular Hbond substituents is 1. The van der Waals surface area contributed by atoms with Crippen LogP contribution in [0.15, 0.2) is 54.7 Å². The van der Waals surface area contributed by atoms with Gasteiger partial charge in [0.05, 0.1) is 0 Å². The molecule has 0 saturated heterocycles. The van der Waals surface area contributed by atoms with E-state index in [9.17, 15) is 14.4 Å². The highest BCUT2D eigenvalue weighted by molar-refractivity contribution is 5.91. The number of aromatic hydroxyl groups is 1. The number of para-hydroxylation sites is 1. The van der Waals surface area contributed by atoms with Gasteiger partial charge in [0.25, 0.3) is 0 Å². The molecule has 0 aliphatic rings. The molecule has 1 heterocycles. The molecular formula is C23H28N4O6. The van der Waals surface area contributed by atoms with Crippen molar-refractivity contribution in [3.05, 3.63) is 65.9 Å². The number of benzene rings is 2. The van der Waals surface area contributed by atoms with Crippen LogP contribution in [0.3, 0.4) is 0 Å². The third kappa shape index (κ3) is 7.72. The lowest BCUT2D eigenvalue weighted by Gasteiger charge is -2.11. The van der Waals surface area contributed by atoms with Crippen LogP contribution in [-0.4, -0.2) is 51.2 Å². The van der Waals surface area contributed by atoms with E-state index in [1.165, 1.54) is 19.1 Å². The Labute approximate surface area is 190 Å². The van der Waals surface area contributed by atoms with Crippen LogP contribution in [0.25, 0.3) is 10.9 Å². The van der Waals surface area contributed by atoms with Crippen LogP contribution in [0.2, 0.25) is 0 Å². The molecule has 33 heavy (non-hydrogen) atoms. The second-order valence-corrected chi connectivity index (χ2v) is 7.51. The Morgan fingerprint density at radius 2 is 1.58 bits per heavy atom. The molecule has 0 aliphatic carbocycles. The first-order valence-electron chi connectivity index (χ1n) is 10.2. The number of hydrogen-bond acceptors (Lipinski definition) is 8. The summed E-state index contributed by atoms with van der Waals surface area (Å²) in [5.41, 5.74) is 19.1. The summed E-state index contributed by atoms with van der Waals surface area (Å²) in [5.74, 6) is -2.40. The van der Waals surface area contributed by atoms with Crippen molar-refractivity contribution in [2.75, 3.05) is 0 Å². The zero-order chi connectivity index (χ0) is 24.5. The van der Waals surface area contributed by atoms with Crippen molar-refractivity contribution in [3.8, 4) is 5.75 Å². The van der Waals surface area contributed by atoms with Crippen LogP contribution in [0.4, 0.5) is 0 Å². The third-order valence-corrected chi connectivity index (χ3v) is 4.70. The molecule has 2 aromatic carbocycles. The third-order valence-electron chi connectivity index (χ3n) is 4.70. The van der Waals surface area contributed by atoms with E-state index in [-0.39, 0.29) is 18.6 Å². The summed E-state index contributed by atoms with van der Waals surface area (Å²) in [6.45, 7) is 1.45. The lowest BCUT2D eigenvalue weighted by atomic mass is 10.1. The van der Waals surface area contributed by atoms with Crippen LogP contribution in [-0.2, 0) is 32.0 Å². The molecule has 0 aliphatic heterocycles. The monoisotopic (exact) mass is 456 g/mol. The van der Waals surface area contributed by atoms with Crippen LogP contribution >= 0.6 is 0 Å². The minimum atomic E-state index is -1.02. The number of phenols is 1. The van der Waals surface area contributed by atoms with Gasteiger partial charge in [-0.3, -0.25) is 4.79 Å². The first-order valence-corrected chi connectivity index (χ1v) is 10.2. The van der Waals surface area contributed by atoms with Gasteiger partial charge >= 0.3 is 17.9 Å². The molecule has 0 saturated carbocycles. The fourth-order valence-corrected chi connectivity index (χ4v) is 2.86. The molecule has 10 heteroatoms. The van der Waals surface area contributed by atoms with Gasteiger partial charge in [-0.2, -0.15) is 0 Å². The highest BCUT2D eigenvalue weighted by Gasteiger charge is 2.22. The number of carboxylic acids is 1. The maximum absolute atomic E-state index is 11.7. The van der Waals surface area contributed by atoms with E-state index in [4.69, 9.17) is 27.4 Å². The SMILES string of the molecule is C[C@H](N)C(=O)OC(=O)[C@@H](N)Cc1c[nH]c2ccccc12.N[C@@H](Cc1ccc(O)cc1)C(=O)O. The topological polar surface area (TPSA) is 195 Å². The van der Waals surface area contributed by atoms with E-state index < -0.39 is 36.0 Å². The number of carboxylic acid groups (broad SMARTS) is 1. The number of carbonyl (C=O) groups excluding carboxylic acids is 2. The Balaban J connectivity index is 0.000000257. The number of fused-ring (bicyclic) bond motifs is 1. The summed E-state index contributed by atoms with van der Waals surface area (Å²) in [7, 11) is 0. The van der Waals surface area contributed by atoms with Crippen molar-refractivity contribution in [1.29, 1.82) is 0 Å². The molecule has 9 N–H and O–H groups in total. The number of nitrogens with one attached hydrogen (secondary N) is 1. The van der Waals surface area contributed by atoms with Crippen molar-refractivity contribution >= 4 is 28.8 Å². The van der Waals surface area contributed by atoms with Crippen LogP contribution < -0.4 is 17.2 Å². The van der Waals surface area contributed by atoms with Gasteiger partial charge in [-0.25, -0.2) is 9.59 Å². The second-order valence-electron chi connectivity index (χ2n) is 7.51. The Morgan fingerprint density at radius 1 is 0.939 bits per heavy atom. The zero-order valence-electron chi connectivity index (χ0n) is 18.1. The Bertz CT molecular complexity index is 1090. The number of carbonyl (C=O) groups is 3. The van der Waals surface area contributed by atoms with Gasteiger partial charge in [-0.05, 0) is 42.7 Å². The van der Waals surface area contributed by atoms with Crippen LogP contribution in [0.1, 0.15) is 18.1 Å². The number of nitrogens with two attached hydrogens (primary N) is 3. The molecule has 3 aromatic rings. The average Bonchev–Trinajstić information content (AvgIpc) is 3.18. The second kappa shape index (κ2) is 11.8. The molecule has 1 aromatic heterocycles. The van der Waals surface area contributed by atoms with Gasteiger partial charge in [0.2, 0.25) is 0 Å². The Kier molecular flexibility index (Phi) is 9.10. The van der Waals surface area contributed by atoms with E-state index in [0.717, 1.165) is 22.0 Å². The molecule has 3 rings (SSSR count). The van der Waals surface area contributed by atoms with Crippen molar-refractivity contribution in [2.45, 2.75) is 37.9 Å². The molecule has 176 valence electrons. The number of rotatable bonds is 7. The maximum Gasteiger partial charge on any atom is 0.330 e. The van der Waals surface area contributed by atoms with E-state index in [1.54, 1.807) is 18.3 Å². The summed E-state index contributed by atoms with van der Waals surface area (Å²) in [6, 6.07) is 11.4. The molecule has 3 atom stereocenters. The largest absolute Gasteiger partial charge is 0.508 e. The summed E-state index contributed by atoms with van der Waals surface area (Å²) in [6.07, 6.45) is 2.36. The van der Waals surface area contributed by atoms with E-state index in [0.29, 0.717) is 0 Å². The van der Waals surface area contributed by atoms with E-state index in [1.807, 2.05) is 24.3 Å². The Hall–Kier alpha value is -3.73. The average molecular weight is 456 g/mol. The lowest BCUT2D eigenvalue weighted by molar-refractivity contribution is -0.161. The van der Waals surface area contributed by atoms with Gasteiger partial charge in [0.15, 0.2) is 0 Å². The molecule has 0 unspecified atom stereocenters. The quantitative estimate of drug-likeness (QED) is 0.220. The van der Waals surface area contributed by atoms with Crippen molar-refractivity contribution in [2.24, 2.45) is 17.2 Å². The number of aliphatic carboxylic acids is 1. The highest BCUT2D eigenvalue weighted by atomic mass is 16.6. The summed E-state index contributed by atoms with van der Waals surface area (Å²) < 4.78 is 4.60. The molecule has 10 nitrogen and oxygen atoms in total. The van der Waals surface area contributed by atoms with E-state index >= 15 is 0 Å². The number of aromatic nitrogens is 1. The summed E-state index contributed by atoms with van der Waals surface area (Å²) in [5, 5.41) is 18.5. The summed E-state index contributed by atoms with van der Waals surface area (Å²) >= 11 is 0. The molecular weight excluding hydrogens is 428 g/mol. The van der Waals surface area contributed by atoms with Gasteiger partial charge in [0.1, 0.15) is 23.9 Å². The van der Waals surface area contributed by atoms with Gasteiger partial charge in [-0.1, -0.05) is 30.3 Å². The predicted octanol–water partition coefficient (Wildman–Crippen LogP) is 0.801. The van der Waals surface area contributed by atoms with Gasteiger partial charge in [0, 0.05) is 23.5 Å². The summed E-state index contributed by atoms with van der Waals surface area (Å²) in [4.78, 5) is 36.4. The minimum Gasteiger partial charge on any atom is -0.508 e. The van der Waals surface area contributed by atoms with Crippen LogP contribution in [0.5, 0.6) is 5.75 Å². The first-order chi connectivity index (χ1) is 15.6. The van der Waals surface area contributed by atoms with Crippen molar-refractivity contribution < 1.29 is 29.3 Å². The molecule has 0 amide bonds. The smallest absolute Gasteiger partial charge is 0.330 e. The fraction of sp³-hybridized carbons (Fsp3) is 0.261. The maximum atomic E-state index is 11.7. The fourth-order valence-electron chi connectivity index (χ4n) is 2.86. The lowest BCUT2D eigenvalue weighted by Crippen LogP contribution is -2.39. The van der Waals surface area contributed by atoms with Gasteiger partial charge < -0.3 is 37.1 Å². The predicted molar refractivity (Wildman–Crippen MR) is 122 cm³/mol. The standard InChI is InChI=1S/C14H17N3O3.C9H11NO3/c1-8(15)13(18)20-14(19)11(16)6-9-7-17-12-5-3-2-4-10(9)12;10-8(9(12)13)5-6-1-3-7(11)4-2-6/h2-5,7-8,11,17H,6,15-16H2,1H3;1-4,8,11H,5,10H2,(H,12,13)/t8-,11-;8-/m00/s1. The molecule has 0 bridgehead atoms. The normalized spacial score (nSPS) is 13.3. The molecule has 0 radical (unpaired) electrons. The Morgan fingerprint density at radius 3 is 2.18 bits per heavy atom. The number of aromatic amines is 1. The van der Waals surface area contributed by atoms with E-state index in [2.05, 4.69) is 9.72 Å². The molecule has 0 fully saturated rings. The van der Waals surface area contributed by atoms with Crippen molar-refractivity contribution in [1.82, 2.24) is 4.98 Å². The van der Waals surface area contributed by atoms with Crippen LogP contribution in [0, 0.1) is 0 Å². The number of ether oxygens (including phenoxy) is 1. The number of H-pyrrole nitrogens is 1. The minimum absolute atomic E-state index is 0.160. The first kappa shape index (κ1) is 25.5.